The van der Waals surface area contributed by atoms with E-state index in [0.29, 0.717) is 63.7 Å². The SMILES string of the molecule is COP(N(C(C)C)C(C)C)n1cnc(C)n1.COP(N(C)C)n1cnc(C)n1.COP(N1CCCC1)n1cnc(C)n1.[C-]#[N+]CCOP(N(C(C)C)C(C)C)n1cnc(C)n1.[C-]#[N+]CCOP(N1CCOCC1)n1cnc(C)n1. The Morgan fingerprint density at radius 3 is 1.18 bits per heavy atom. The van der Waals surface area contributed by atoms with Gasteiger partial charge in [0, 0.05) is 71.7 Å². The van der Waals surface area contributed by atoms with Crippen LogP contribution in [0.4, 0.5) is 0 Å². The highest BCUT2D eigenvalue weighted by molar-refractivity contribution is 7.49. The lowest BCUT2D eigenvalue weighted by Crippen LogP contribution is -2.35. The third-order valence-electron chi connectivity index (χ3n) is 10.6. The largest absolute Gasteiger partial charge is 0.379 e. The predicted octanol–water partition coefficient (Wildman–Crippen LogP) is 8.35. The molecule has 33 heteroatoms. The lowest BCUT2D eigenvalue weighted by Gasteiger charge is -2.35. The number of morpholine rings is 1. The zero-order valence-corrected chi connectivity index (χ0v) is 54.2. The lowest BCUT2D eigenvalue weighted by molar-refractivity contribution is 0.0689. The van der Waals surface area contributed by atoms with Gasteiger partial charge in [0.1, 0.15) is 74.0 Å². The number of ether oxygens (including phenoxy) is 1. The predicted molar refractivity (Wildman–Crippen MR) is 312 cm³/mol. The molecule has 28 nitrogen and oxygen atoms in total. The number of nitrogens with zero attached hydrogens (tertiary/aromatic N) is 22. The smallest absolute Gasteiger partial charge is 0.241 e. The second-order valence-corrected chi connectivity index (χ2v) is 27.6. The van der Waals surface area contributed by atoms with Crippen LogP contribution in [0.2, 0.25) is 0 Å². The van der Waals surface area contributed by atoms with E-state index < -0.39 is 42.2 Å². The highest BCUT2D eigenvalue weighted by atomic mass is 31.2. The van der Waals surface area contributed by atoms with Crippen molar-refractivity contribution in [1.82, 2.24) is 96.0 Å². The monoisotopic (exact) mass is 1200 g/mol. The van der Waals surface area contributed by atoms with E-state index in [1.807, 2.05) is 62.3 Å². The number of hydrogen-bond donors (Lipinski definition) is 0. The summed E-state index contributed by atoms with van der Waals surface area (Å²) in [5.41, 5.74) is 0. The molecule has 0 saturated carbocycles. The van der Waals surface area contributed by atoms with E-state index in [0.717, 1.165) is 55.3 Å². The Hall–Kier alpha value is -3.61. The van der Waals surface area contributed by atoms with Crippen molar-refractivity contribution in [2.45, 2.75) is 127 Å². The van der Waals surface area contributed by atoms with E-state index in [-0.39, 0.29) is 0 Å². The van der Waals surface area contributed by atoms with Gasteiger partial charge in [0.15, 0.2) is 0 Å². The van der Waals surface area contributed by atoms with Crippen molar-refractivity contribution in [1.29, 1.82) is 0 Å². The molecule has 0 radical (unpaired) electrons. The van der Waals surface area contributed by atoms with Crippen LogP contribution in [0, 0.1) is 47.8 Å². The first-order chi connectivity index (χ1) is 37.7. The summed E-state index contributed by atoms with van der Waals surface area (Å²) in [6.45, 7) is 47.0. The van der Waals surface area contributed by atoms with E-state index >= 15 is 0 Å². The van der Waals surface area contributed by atoms with Gasteiger partial charge in [-0.15, -0.1) is 25.5 Å². The molecular formula is C46H87N22O6P5. The average molecular weight is 1200 g/mol. The van der Waals surface area contributed by atoms with Crippen LogP contribution in [0.15, 0.2) is 31.6 Å². The molecule has 5 aromatic rings. The third-order valence-corrected chi connectivity index (χ3v) is 20.2. The molecule has 2 fully saturated rings. The van der Waals surface area contributed by atoms with E-state index in [1.165, 1.54) is 12.8 Å². The molecule has 0 N–H and O–H groups in total. The van der Waals surface area contributed by atoms with Crippen LogP contribution in [-0.4, -0.2) is 221 Å². The van der Waals surface area contributed by atoms with Gasteiger partial charge in [-0.25, -0.2) is 61.4 Å². The van der Waals surface area contributed by atoms with Gasteiger partial charge < -0.3 is 37.0 Å². The minimum atomic E-state index is -1.06. The normalized spacial score (nSPS) is 15.9. The second kappa shape index (κ2) is 37.5. The highest BCUT2D eigenvalue weighted by Crippen LogP contribution is 2.47. The van der Waals surface area contributed by atoms with E-state index in [9.17, 15) is 0 Å². The molecule has 5 unspecified atom stereocenters. The van der Waals surface area contributed by atoms with E-state index in [2.05, 4.69) is 134 Å². The molecule has 5 atom stereocenters. The molecule has 0 spiro atoms. The molecule has 2 aliphatic rings. The third kappa shape index (κ3) is 23.6. The fraction of sp³-hybridized carbons (Fsp3) is 0.739. The highest BCUT2D eigenvalue weighted by Gasteiger charge is 2.31. The Balaban J connectivity index is 0.000000262. The van der Waals surface area contributed by atoms with Crippen LogP contribution < -0.4 is 0 Å². The van der Waals surface area contributed by atoms with E-state index in [4.69, 9.17) is 40.5 Å². The van der Waals surface area contributed by atoms with Crippen LogP contribution in [0.1, 0.15) is 97.4 Å². The van der Waals surface area contributed by atoms with Crippen molar-refractivity contribution in [2.24, 2.45) is 0 Å². The van der Waals surface area contributed by atoms with Gasteiger partial charge in [0.2, 0.25) is 55.3 Å². The van der Waals surface area contributed by atoms with E-state index in [1.54, 1.807) is 66.3 Å². The molecule has 0 bridgehead atoms. The summed E-state index contributed by atoms with van der Waals surface area (Å²) >= 11 is 0. The summed E-state index contributed by atoms with van der Waals surface area (Å²) < 4.78 is 53.4. The minimum absolute atomic E-state index is 0.337. The maximum atomic E-state index is 6.84. The van der Waals surface area contributed by atoms with Gasteiger partial charge in [-0.1, -0.05) is 0 Å². The molecule has 0 aliphatic carbocycles. The zero-order chi connectivity index (χ0) is 58.6. The van der Waals surface area contributed by atoms with Crippen LogP contribution >= 0.6 is 42.2 Å². The fourth-order valence-electron chi connectivity index (χ4n) is 7.55. The standard InChI is InChI=1S/C12H22N5OP.C10H16N5O2P.C10H21N4OP.C8H15N4OP.C6H13N4OP/c1-10(2)17(11(3)4)19(18-8-7-13-6)16-9-14-12(5)15-16;1-10-12-9-15(13-10)18(17-6-3-11-2)14-4-7-16-8-5-14;1-8(2)14(9(3)4)16(15-6)13-7-11-10(5)12-13;1-8-9-7-12(10-8)14(13-2)11-5-3-4-6-11;1-6-7-5-10(8-6)12(11-4)9(2)3/h9-11H,7-8H2,1-5H3;9H,3-8H2,1H3;7-9H,1-6H3;7H,3-6H2,1-2H3;5H,1-4H3. The Bertz CT molecular complexity index is 2470. The maximum Gasteiger partial charge on any atom is 0.241 e. The van der Waals surface area contributed by atoms with Gasteiger partial charge in [0.25, 0.3) is 0 Å². The van der Waals surface area contributed by atoms with Crippen molar-refractivity contribution in [2.75, 3.05) is 101 Å². The van der Waals surface area contributed by atoms with Crippen LogP contribution in [0.25, 0.3) is 9.69 Å². The van der Waals surface area contributed by atoms with Crippen molar-refractivity contribution in [3.63, 3.8) is 0 Å². The number of aryl methyl sites for hydroxylation is 5. The molecule has 5 aromatic heterocycles. The maximum absolute atomic E-state index is 6.84. The first-order valence-corrected chi connectivity index (χ1v) is 31.8. The first kappa shape index (κ1) is 69.7. The van der Waals surface area contributed by atoms with Crippen molar-refractivity contribution >= 4 is 42.2 Å². The summed E-state index contributed by atoms with van der Waals surface area (Å²) in [6, 6.07) is 1.50. The number of hydrogen-bond acceptors (Lipinski definition) is 21. The second-order valence-electron chi connectivity index (χ2n) is 18.5. The van der Waals surface area contributed by atoms with Crippen LogP contribution in [-0.2, 0) is 27.4 Å². The van der Waals surface area contributed by atoms with Crippen LogP contribution in [0.3, 0.4) is 0 Å². The summed E-state index contributed by atoms with van der Waals surface area (Å²) in [7, 11) is 4.49. The Labute approximate surface area is 475 Å². The van der Waals surface area contributed by atoms with Crippen molar-refractivity contribution in [3.8, 4) is 0 Å². The molecule has 7 rings (SSSR count). The topological polar surface area (TPSA) is 234 Å². The molecule has 442 valence electrons. The van der Waals surface area contributed by atoms with Gasteiger partial charge in [-0.2, -0.15) is 22.3 Å². The molecule has 2 saturated heterocycles. The summed E-state index contributed by atoms with van der Waals surface area (Å²) in [5.74, 6) is 3.80. The fourth-order valence-corrected chi connectivity index (χ4v) is 15.6. The molecule has 0 amide bonds. The Morgan fingerprint density at radius 1 is 0.494 bits per heavy atom. The quantitative estimate of drug-likeness (QED) is 0.0339. The number of rotatable bonds is 23. The van der Waals surface area contributed by atoms with Crippen molar-refractivity contribution in [3.05, 3.63) is 83.6 Å². The lowest BCUT2D eigenvalue weighted by atomic mass is 10.3. The van der Waals surface area contributed by atoms with Crippen molar-refractivity contribution < 1.29 is 27.4 Å². The number of aromatic nitrogens is 15. The molecule has 79 heavy (non-hydrogen) atoms. The first-order valence-electron chi connectivity index (χ1n) is 26.0. The Morgan fingerprint density at radius 2 is 0.835 bits per heavy atom. The Kier molecular flexibility index (Phi) is 33.1. The molecule has 0 aromatic carbocycles. The molecule has 7 heterocycles. The van der Waals surface area contributed by atoms with Gasteiger partial charge >= 0.3 is 0 Å². The van der Waals surface area contributed by atoms with Crippen LogP contribution in [0.5, 0.6) is 0 Å². The molecule has 2 aliphatic heterocycles. The minimum Gasteiger partial charge on any atom is -0.379 e. The summed E-state index contributed by atoms with van der Waals surface area (Å²) in [4.78, 5) is 27.2. The average Bonchev–Trinajstić information content (AvgIpc) is 4.30. The van der Waals surface area contributed by atoms with Gasteiger partial charge in [0.05, 0.1) is 13.2 Å². The van der Waals surface area contributed by atoms with Gasteiger partial charge in [-0.3, -0.25) is 0 Å². The summed E-state index contributed by atoms with van der Waals surface area (Å²) in [5, 5.41) is 21.5. The zero-order valence-electron chi connectivity index (χ0n) is 49.7. The summed E-state index contributed by atoms with van der Waals surface area (Å²) in [6.07, 6.45) is 11.1. The van der Waals surface area contributed by atoms with Gasteiger partial charge in [-0.05, 0) is 117 Å². The molecular weight excluding hydrogens is 1110 g/mol.